The average Bonchev–Trinajstić information content (AvgIpc) is 3.37. The van der Waals surface area contributed by atoms with Gasteiger partial charge in [0.1, 0.15) is 11.5 Å². The van der Waals surface area contributed by atoms with Gasteiger partial charge in [-0.05, 0) is 61.6 Å². The van der Waals surface area contributed by atoms with Crippen LogP contribution in [0.3, 0.4) is 0 Å². The molecule has 0 aliphatic heterocycles. The zero-order valence-electron chi connectivity index (χ0n) is 20.2. The minimum Gasteiger partial charge on any atom is -0.418 e. The van der Waals surface area contributed by atoms with Gasteiger partial charge in [0.25, 0.3) is 5.89 Å². The van der Waals surface area contributed by atoms with E-state index in [2.05, 4.69) is 55.8 Å². The molecule has 194 valence electrons. The lowest BCUT2D eigenvalue weighted by molar-refractivity contribution is 0.470. The number of imidazole rings is 1. The van der Waals surface area contributed by atoms with Crippen molar-refractivity contribution in [2.24, 2.45) is 0 Å². The van der Waals surface area contributed by atoms with Crippen LogP contribution in [0.1, 0.15) is 49.4 Å². The third-order valence-electron chi connectivity index (χ3n) is 7.11. The summed E-state index contributed by atoms with van der Waals surface area (Å²) in [5.41, 5.74) is 2.94. The molecule has 1 fully saturated rings. The highest BCUT2D eigenvalue weighted by atomic mass is 79.9. The van der Waals surface area contributed by atoms with Crippen LogP contribution < -0.4 is 0 Å². The highest BCUT2D eigenvalue weighted by Crippen LogP contribution is 2.55. The van der Waals surface area contributed by atoms with Gasteiger partial charge in [0.05, 0.1) is 22.2 Å². The van der Waals surface area contributed by atoms with Crippen molar-refractivity contribution in [3.05, 3.63) is 96.3 Å². The first-order chi connectivity index (χ1) is 18.3. The number of hydrogen-bond acceptors (Lipinski definition) is 4. The number of nitrogens with zero attached hydrogens (tertiary/aromatic N) is 4. The molecule has 1 atom stereocenters. The molecule has 2 heterocycles. The molecule has 5 nitrogen and oxygen atoms in total. The number of allylic oxidation sites excluding steroid dienone is 4. The number of rotatable bonds is 6. The van der Waals surface area contributed by atoms with Crippen LogP contribution in [0.25, 0.3) is 23.0 Å². The van der Waals surface area contributed by atoms with Crippen LogP contribution in [-0.4, -0.2) is 19.7 Å². The Labute approximate surface area is 248 Å². The van der Waals surface area contributed by atoms with Crippen molar-refractivity contribution >= 4 is 62.3 Å². The lowest BCUT2D eigenvalue weighted by Gasteiger charge is -2.22. The minimum absolute atomic E-state index is 0.0410. The Kier molecular flexibility index (Phi) is 6.98. The van der Waals surface area contributed by atoms with E-state index >= 15 is 0 Å². The van der Waals surface area contributed by atoms with Crippen LogP contribution in [0.5, 0.6) is 0 Å². The maximum atomic E-state index is 6.67. The van der Waals surface area contributed by atoms with Crippen molar-refractivity contribution in [1.82, 2.24) is 19.7 Å². The highest BCUT2D eigenvalue weighted by Gasteiger charge is 2.52. The molecule has 0 saturated heterocycles. The van der Waals surface area contributed by atoms with Gasteiger partial charge in [0.2, 0.25) is 5.89 Å². The number of halogens is 5. The zero-order chi connectivity index (χ0) is 26.6. The molecule has 2 aliphatic rings. The fourth-order valence-electron chi connectivity index (χ4n) is 5.08. The molecule has 0 spiro atoms. The minimum atomic E-state index is -0.409. The Balaban J connectivity index is 1.48. The van der Waals surface area contributed by atoms with Crippen molar-refractivity contribution in [3.63, 3.8) is 0 Å². The Hall–Kier alpha value is -2.09. The van der Waals surface area contributed by atoms with Gasteiger partial charge >= 0.3 is 0 Å². The molecule has 0 N–H and O–H groups in total. The van der Waals surface area contributed by atoms with Crippen molar-refractivity contribution < 1.29 is 4.42 Å². The molecule has 0 bridgehead atoms. The summed E-state index contributed by atoms with van der Waals surface area (Å²) in [6, 6.07) is 11.0. The number of hydrogen-bond donors (Lipinski definition) is 0. The summed E-state index contributed by atoms with van der Waals surface area (Å²) >= 11 is 29.1. The van der Waals surface area contributed by atoms with Crippen LogP contribution in [0.4, 0.5) is 0 Å². The van der Waals surface area contributed by atoms with E-state index in [-0.39, 0.29) is 6.04 Å². The molecule has 1 saturated carbocycles. The van der Waals surface area contributed by atoms with Crippen LogP contribution in [0.2, 0.25) is 20.1 Å². The molecule has 2 aromatic carbocycles. The van der Waals surface area contributed by atoms with Crippen molar-refractivity contribution in [2.75, 3.05) is 0 Å². The second kappa shape index (κ2) is 10.1. The van der Waals surface area contributed by atoms with Crippen LogP contribution in [-0.2, 0) is 11.8 Å². The summed E-state index contributed by atoms with van der Waals surface area (Å²) in [5.74, 6) is 1.62. The van der Waals surface area contributed by atoms with E-state index in [1.165, 1.54) is 0 Å². The largest absolute Gasteiger partial charge is 0.418 e. The average molecular weight is 651 g/mol. The zero-order valence-corrected chi connectivity index (χ0v) is 24.8. The molecule has 6 rings (SSSR count). The predicted octanol–water partition coefficient (Wildman–Crippen LogP) is 9.64. The number of benzene rings is 2. The summed E-state index contributed by atoms with van der Waals surface area (Å²) in [7, 11) is 0. The molecule has 10 heteroatoms. The standard InChI is InChI=1S/C28H21BrCl4N4O/c1-2-23-24(26-35-36-27(38-26)28(11-12-28)20-10-6-17(31)14-22(20)33)34-25(19-9-5-16(30)13-21(19)32)37(23)18-7-3-15(29)4-8-18/h3-7,9-10,13-14,18H,2,8,11-12H2,1H3. The summed E-state index contributed by atoms with van der Waals surface area (Å²) in [6.45, 7) is 2.09. The van der Waals surface area contributed by atoms with Crippen molar-refractivity contribution in [3.8, 4) is 23.0 Å². The second-order valence-electron chi connectivity index (χ2n) is 9.45. The molecule has 0 radical (unpaired) electrons. The first-order valence-electron chi connectivity index (χ1n) is 12.2. The molecule has 0 amide bonds. The number of aromatic nitrogens is 4. The maximum Gasteiger partial charge on any atom is 0.268 e. The van der Waals surface area contributed by atoms with E-state index in [9.17, 15) is 0 Å². The summed E-state index contributed by atoms with van der Waals surface area (Å²) < 4.78 is 9.62. The van der Waals surface area contributed by atoms with Crippen LogP contribution in [0.15, 0.2) is 63.5 Å². The van der Waals surface area contributed by atoms with Gasteiger partial charge in [0, 0.05) is 25.1 Å². The van der Waals surface area contributed by atoms with Gasteiger partial charge < -0.3 is 8.98 Å². The van der Waals surface area contributed by atoms with Gasteiger partial charge in [-0.25, -0.2) is 4.98 Å². The first kappa shape index (κ1) is 26.1. The Morgan fingerprint density at radius 2 is 1.76 bits per heavy atom. The second-order valence-corrected chi connectivity index (χ2v) is 12.1. The fourth-order valence-corrected chi connectivity index (χ4v) is 6.50. The normalized spacial score (nSPS) is 18.1. The van der Waals surface area contributed by atoms with Gasteiger partial charge in [-0.2, -0.15) is 0 Å². The maximum absolute atomic E-state index is 6.67. The molecule has 2 aromatic heterocycles. The van der Waals surface area contributed by atoms with E-state index in [0.717, 1.165) is 46.4 Å². The Bertz CT molecular complexity index is 1620. The lowest BCUT2D eigenvalue weighted by Crippen LogP contribution is -2.12. The molecule has 38 heavy (non-hydrogen) atoms. The highest BCUT2D eigenvalue weighted by molar-refractivity contribution is 9.11. The van der Waals surface area contributed by atoms with Gasteiger partial charge in [-0.1, -0.05) is 93.6 Å². The summed E-state index contributed by atoms with van der Waals surface area (Å²) in [4.78, 5) is 5.05. The van der Waals surface area contributed by atoms with E-state index in [1.54, 1.807) is 12.1 Å². The van der Waals surface area contributed by atoms with Gasteiger partial charge in [-0.3, -0.25) is 0 Å². The van der Waals surface area contributed by atoms with E-state index in [4.69, 9.17) is 55.8 Å². The van der Waals surface area contributed by atoms with Crippen LogP contribution >= 0.6 is 62.3 Å². The topological polar surface area (TPSA) is 56.7 Å². The Morgan fingerprint density at radius 3 is 2.39 bits per heavy atom. The van der Waals surface area contributed by atoms with E-state index in [0.29, 0.717) is 44.0 Å². The summed E-state index contributed by atoms with van der Waals surface area (Å²) in [5, 5.41) is 11.2. The van der Waals surface area contributed by atoms with Gasteiger partial charge in [-0.15, -0.1) is 10.2 Å². The lowest BCUT2D eigenvalue weighted by atomic mass is 9.96. The molecular weight excluding hydrogens is 630 g/mol. The quantitative estimate of drug-likeness (QED) is 0.209. The van der Waals surface area contributed by atoms with E-state index in [1.807, 2.05) is 24.3 Å². The van der Waals surface area contributed by atoms with Crippen molar-refractivity contribution in [1.29, 1.82) is 0 Å². The molecule has 2 aliphatic carbocycles. The SMILES string of the molecule is CCc1c(-c2nnc(C3(c4ccc(Cl)cc4Cl)CC3)o2)nc(-c2ccc(Cl)cc2Cl)n1C1C=CC(Br)=CC1. The molecule has 4 aromatic rings. The fraction of sp³-hybridized carbons (Fsp3) is 0.250. The predicted molar refractivity (Wildman–Crippen MR) is 157 cm³/mol. The van der Waals surface area contributed by atoms with Gasteiger partial charge in [0.15, 0.2) is 0 Å². The molecular formula is C28H21BrCl4N4O. The smallest absolute Gasteiger partial charge is 0.268 e. The third-order valence-corrected chi connectivity index (χ3v) is 8.80. The van der Waals surface area contributed by atoms with Crippen molar-refractivity contribution in [2.45, 2.75) is 44.1 Å². The summed E-state index contributed by atoms with van der Waals surface area (Å²) in [6.07, 6.45) is 9.59. The first-order valence-corrected chi connectivity index (χ1v) is 14.5. The third kappa shape index (κ3) is 4.54. The monoisotopic (exact) mass is 648 g/mol. The van der Waals surface area contributed by atoms with E-state index < -0.39 is 5.41 Å². The van der Waals surface area contributed by atoms with Crippen LogP contribution in [0, 0.1) is 0 Å². The Morgan fingerprint density at radius 1 is 1.03 bits per heavy atom. The molecule has 1 unspecified atom stereocenters.